The second-order valence-electron chi connectivity index (χ2n) is 9.04. The van der Waals surface area contributed by atoms with Crippen molar-refractivity contribution in [1.82, 2.24) is 14.4 Å². The number of piperazine rings is 1. The number of Topliss-reactive ketones (excluding diaryl/α,β-unsaturated/α-hetero) is 1. The van der Waals surface area contributed by atoms with Crippen LogP contribution in [0, 0.1) is 12.3 Å². The minimum Gasteiger partial charge on any atom is -0.348 e. The van der Waals surface area contributed by atoms with Crippen LogP contribution < -0.4 is 0 Å². The maximum Gasteiger partial charge on any atom is 0.227 e. The molecule has 1 fully saturated rings. The van der Waals surface area contributed by atoms with Gasteiger partial charge in [0.25, 0.3) is 0 Å². The van der Waals surface area contributed by atoms with Gasteiger partial charge >= 0.3 is 0 Å². The van der Waals surface area contributed by atoms with Crippen LogP contribution in [0.5, 0.6) is 0 Å². The molecule has 2 amide bonds. The van der Waals surface area contributed by atoms with Gasteiger partial charge < -0.3 is 14.4 Å². The molecular weight excluding hydrogens is 354 g/mol. The van der Waals surface area contributed by atoms with Crippen molar-refractivity contribution < 1.29 is 14.4 Å². The van der Waals surface area contributed by atoms with E-state index < -0.39 is 0 Å². The molecule has 1 aliphatic heterocycles. The van der Waals surface area contributed by atoms with Crippen LogP contribution in [-0.4, -0.2) is 58.1 Å². The summed E-state index contributed by atoms with van der Waals surface area (Å²) >= 11 is 0. The zero-order chi connectivity index (χ0) is 20.6. The van der Waals surface area contributed by atoms with Gasteiger partial charge in [-0.1, -0.05) is 20.8 Å². The lowest BCUT2D eigenvalue weighted by Gasteiger charge is -2.34. The Morgan fingerprint density at radius 1 is 1.04 bits per heavy atom. The Balaban J connectivity index is 1.86. The van der Waals surface area contributed by atoms with Crippen LogP contribution in [0.4, 0.5) is 0 Å². The van der Waals surface area contributed by atoms with Crippen molar-refractivity contribution in [3.63, 3.8) is 0 Å². The maximum atomic E-state index is 13.0. The van der Waals surface area contributed by atoms with Crippen LogP contribution in [-0.2, 0) is 29.0 Å². The second-order valence-corrected chi connectivity index (χ2v) is 9.04. The fourth-order valence-electron chi connectivity index (χ4n) is 4.68. The van der Waals surface area contributed by atoms with E-state index in [0.29, 0.717) is 32.6 Å². The van der Waals surface area contributed by atoms with Crippen molar-refractivity contribution >= 4 is 17.6 Å². The number of ketones is 1. The van der Waals surface area contributed by atoms with Crippen molar-refractivity contribution in [1.29, 1.82) is 0 Å². The molecule has 0 saturated carbocycles. The van der Waals surface area contributed by atoms with Crippen LogP contribution in [0.2, 0.25) is 0 Å². The molecule has 1 aromatic heterocycles. The van der Waals surface area contributed by atoms with Gasteiger partial charge in [-0.05, 0) is 30.7 Å². The van der Waals surface area contributed by atoms with Crippen molar-refractivity contribution in [3.8, 4) is 0 Å². The number of carbonyl (C=O) groups excluding carboxylic acids is 3. The normalized spacial score (nSPS) is 19.0. The smallest absolute Gasteiger partial charge is 0.227 e. The van der Waals surface area contributed by atoms with E-state index in [4.69, 9.17) is 0 Å². The van der Waals surface area contributed by atoms with Crippen LogP contribution in [0.15, 0.2) is 0 Å². The van der Waals surface area contributed by atoms with E-state index in [2.05, 4.69) is 25.3 Å². The Bertz CT molecular complexity index is 798. The van der Waals surface area contributed by atoms with Crippen LogP contribution in [0.3, 0.4) is 0 Å². The minimum atomic E-state index is -0.0370. The Hall–Kier alpha value is -2.11. The predicted octanol–water partition coefficient (Wildman–Crippen LogP) is 2.59. The molecule has 6 nitrogen and oxygen atoms in total. The highest BCUT2D eigenvalue weighted by Gasteiger charge is 2.37. The molecule has 1 aliphatic carbocycles. The molecule has 1 saturated heterocycles. The zero-order valence-corrected chi connectivity index (χ0v) is 17.9. The Morgan fingerprint density at radius 2 is 1.64 bits per heavy atom. The quantitative estimate of drug-likeness (QED) is 0.798. The summed E-state index contributed by atoms with van der Waals surface area (Å²) in [6.07, 6.45) is 2.68. The summed E-state index contributed by atoms with van der Waals surface area (Å²) in [5.41, 5.74) is 3.87. The van der Waals surface area contributed by atoms with Crippen molar-refractivity contribution in [3.05, 3.63) is 22.5 Å². The third kappa shape index (κ3) is 3.87. The molecule has 1 aromatic rings. The number of rotatable bonds is 4. The van der Waals surface area contributed by atoms with Gasteiger partial charge in [0.15, 0.2) is 5.78 Å². The van der Waals surface area contributed by atoms with Crippen LogP contribution in [0.1, 0.15) is 67.8 Å². The van der Waals surface area contributed by atoms with Gasteiger partial charge in [0.1, 0.15) is 0 Å². The van der Waals surface area contributed by atoms with E-state index in [1.54, 1.807) is 11.8 Å². The molecule has 0 spiro atoms. The first-order valence-electron chi connectivity index (χ1n) is 10.4. The van der Waals surface area contributed by atoms with Crippen molar-refractivity contribution in [2.45, 2.75) is 66.8 Å². The maximum absolute atomic E-state index is 13.0. The summed E-state index contributed by atoms with van der Waals surface area (Å²) in [6.45, 7) is 13.2. The van der Waals surface area contributed by atoms with Crippen molar-refractivity contribution in [2.24, 2.45) is 5.41 Å². The van der Waals surface area contributed by atoms with Gasteiger partial charge in [0.2, 0.25) is 11.8 Å². The number of carbonyl (C=O) groups is 3. The molecule has 0 aromatic carbocycles. The molecule has 2 aliphatic rings. The minimum absolute atomic E-state index is 0.0370. The largest absolute Gasteiger partial charge is 0.348 e. The average Bonchev–Trinajstić information content (AvgIpc) is 2.86. The first kappa shape index (κ1) is 20.6. The number of amides is 2. The third-order valence-electron chi connectivity index (χ3n) is 6.17. The molecule has 2 heterocycles. The molecule has 6 heteroatoms. The fourth-order valence-corrected chi connectivity index (χ4v) is 4.68. The molecule has 154 valence electrons. The average molecular weight is 388 g/mol. The molecule has 0 unspecified atom stereocenters. The third-order valence-corrected chi connectivity index (χ3v) is 6.17. The Kier molecular flexibility index (Phi) is 5.69. The zero-order valence-electron chi connectivity index (χ0n) is 17.9. The lowest BCUT2D eigenvalue weighted by atomic mass is 9.75. The van der Waals surface area contributed by atoms with E-state index in [-0.39, 0.29) is 29.4 Å². The lowest BCUT2D eigenvalue weighted by molar-refractivity contribution is -0.138. The fraction of sp³-hybridized carbons (Fsp3) is 0.682. The van der Waals surface area contributed by atoms with E-state index in [0.717, 1.165) is 41.9 Å². The number of hydrogen-bond acceptors (Lipinski definition) is 3. The van der Waals surface area contributed by atoms with Crippen LogP contribution >= 0.6 is 0 Å². The number of fused-ring (bicyclic) bond motifs is 1. The van der Waals surface area contributed by atoms with E-state index in [1.807, 2.05) is 11.8 Å². The first-order valence-corrected chi connectivity index (χ1v) is 10.4. The summed E-state index contributed by atoms with van der Waals surface area (Å²) in [6, 6.07) is 0. The van der Waals surface area contributed by atoms with Crippen LogP contribution in [0.25, 0.3) is 0 Å². The Labute approximate surface area is 167 Å². The summed E-state index contributed by atoms with van der Waals surface area (Å²) in [5, 5.41) is 0. The standard InChI is InChI=1S/C22H33N3O3/c1-6-7-25-15(2)17(21-18(25)13-22(4,5)14-19(21)27)12-20(28)24-10-8-23(9-11-24)16(3)26/h6-14H2,1-5H3. The molecule has 0 bridgehead atoms. The van der Waals surface area contributed by atoms with Gasteiger partial charge in [0, 0.05) is 63.0 Å². The molecule has 3 rings (SSSR count). The highest BCUT2D eigenvalue weighted by molar-refractivity contribution is 6.01. The molecule has 28 heavy (non-hydrogen) atoms. The van der Waals surface area contributed by atoms with Gasteiger partial charge in [0.05, 0.1) is 6.42 Å². The first-order chi connectivity index (χ1) is 13.1. The summed E-state index contributed by atoms with van der Waals surface area (Å²) < 4.78 is 2.27. The number of aromatic nitrogens is 1. The topological polar surface area (TPSA) is 62.6 Å². The SMILES string of the molecule is CCCn1c(C)c(CC(=O)N2CCN(C(C)=O)CC2)c2c1CC(C)(C)CC2=O. The highest BCUT2D eigenvalue weighted by atomic mass is 16.2. The number of nitrogens with zero attached hydrogens (tertiary/aromatic N) is 3. The van der Waals surface area contributed by atoms with Gasteiger partial charge in [-0.15, -0.1) is 0 Å². The second kappa shape index (κ2) is 7.72. The molecule has 0 N–H and O–H groups in total. The molecule has 0 radical (unpaired) electrons. The highest BCUT2D eigenvalue weighted by Crippen LogP contribution is 2.39. The van der Waals surface area contributed by atoms with Gasteiger partial charge in [-0.25, -0.2) is 0 Å². The summed E-state index contributed by atoms with van der Waals surface area (Å²) in [4.78, 5) is 41.1. The van der Waals surface area contributed by atoms with Gasteiger partial charge in [-0.3, -0.25) is 14.4 Å². The predicted molar refractivity (Wildman–Crippen MR) is 108 cm³/mol. The van der Waals surface area contributed by atoms with Gasteiger partial charge in [-0.2, -0.15) is 0 Å². The van der Waals surface area contributed by atoms with E-state index >= 15 is 0 Å². The Morgan fingerprint density at radius 3 is 2.21 bits per heavy atom. The van der Waals surface area contributed by atoms with E-state index in [1.165, 1.54) is 0 Å². The monoisotopic (exact) mass is 387 g/mol. The molecule has 0 atom stereocenters. The summed E-state index contributed by atoms with van der Waals surface area (Å²) in [7, 11) is 0. The lowest BCUT2D eigenvalue weighted by Crippen LogP contribution is -2.50. The van der Waals surface area contributed by atoms with E-state index in [9.17, 15) is 14.4 Å². The summed E-state index contributed by atoms with van der Waals surface area (Å²) in [5.74, 6) is 0.288. The molecular formula is C22H33N3O3. The van der Waals surface area contributed by atoms with Crippen molar-refractivity contribution in [2.75, 3.05) is 26.2 Å². The number of hydrogen-bond donors (Lipinski definition) is 0.